The summed E-state index contributed by atoms with van der Waals surface area (Å²) in [6, 6.07) is 0. The summed E-state index contributed by atoms with van der Waals surface area (Å²) < 4.78 is 12.5. The average molecular weight is 116 g/mol. The van der Waals surface area contributed by atoms with Crippen molar-refractivity contribution in [3.05, 3.63) is 0 Å². The van der Waals surface area contributed by atoms with Gasteiger partial charge in [0.2, 0.25) is 0 Å². The van der Waals surface area contributed by atoms with Crippen LogP contribution in [0.3, 0.4) is 0 Å². The highest BCUT2D eigenvalue weighted by Crippen LogP contribution is 2.04. The molecule has 1 aliphatic heterocycles. The number of ether oxygens (including phenoxy) is 1. The minimum Gasteiger partial charge on any atom is -0.378 e. The van der Waals surface area contributed by atoms with Crippen LogP contribution in [0.4, 0.5) is 0 Å². The summed E-state index contributed by atoms with van der Waals surface area (Å²) in [5.41, 5.74) is -0.168. The van der Waals surface area contributed by atoms with E-state index in [1.54, 1.807) is 0 Å². The van der Waals surface area contributed by atoms with Crippen LogP contribution >= 0.6 is 0 Å². The zero-order valence-corrected chi connectivity index (χ0v) is 5.40. The van der Waals surface area contributed by atoms with E-state index in [1.807, 2.05) is 13.8 Å². The van der Waals surface area contributed by atoms with Gasteiger partial charge in [-0.1, -0.05) is 0 Å². The highest BCUT2D eigenvalue weighted by atomic mass is 16.5. The molecule has 48 valence electrons. The summed E-state index contributed by atoms with van der Waals surface area (Å²) in [4.78, 5) is 0. The third-order valence-electron chi connectivity index (χ3n) is 1.18. The van der Waals surface area contributed by atoms with Gasteiger partial charge in [-0.05, 0) is 13.8 Å². The van der Waals surface area contributed by atoms with Gasteiger partial charge in [0.25, 0.3) is 0 Å². The molecule has 0 radical (unpaired) electrons. The summed E-state index contributed by atoms with van der Waals surface area (Å²) in [7, 11) is 0. The van der Waals surface area contributed by atoms with Gasteiger partial charge in [-0.3, -0.25) is 0 Å². The standard InChI is InChI=1S/C6H13NO/c1-6(2)5-8-4-3-7-6/h7H,3-5H2,1-2H3/i5D. The van der Waals surface area contributed by atoms with E-state index in [0.29, 0.717) is 6.61 Å². The lowest BCUT2D eigenvalue weighted by Crippen LogP contribution is -2.49. The molecule has 0 spiro atoms. The zero-order chi connectivity index (χ0) is 6.91. The molecule has 0 amide bonds. The molecule has 0 aromatic heterocycles. The van der Waals surface area contributed by atoms with Gasteiger partial charge in [-0.15, -0.1) is 0 Å². The molecule has 1 unspecified atom stereocenters. The van der Waals surface area contributed by atoms with Crippen LogP contribution in [-0.4, -0.2) is 25.3 Å². The third-order valence-corrected chi connectivity index (χ3v) is 1.18. The van der Waals surface area contributed by atoms with Gasteiger partial charge in [0.05, 0.1) is 14.6 Å². The first kappa shape index (κ1) is 4.77. The normalized spacial score (nSPS) is 38.8. The summed E-state index contributed by atoms with van der Waals surface area (Å²) in [5, 5.41) is 3.20. The molecular weight excluding hydrogens is 102 g/mol. The highest BCUT2D eigenvalue weighted by molar-refractivity contribution is 4.79. The Balaban J connectivity index is 2.49. The van der Waals surface area contributed by atoms with E-state index >= 15 is 0 Å². The minimum absolute atomic E-state index is 0.168. The van der Waals surface area contributed by atoms with Gasteiger partial charge in [0.15, 0.2) is 0 Å². The van der Waals surface area contributed by atoms with Crippen molar-refractivity contribution < 1.29 is 6.11 Å². The second kappa shape index (κ2) is 2.03. The summed E-state index contributed by atoms with van der Waals surface area (Å²) in [6.07, 6.45) is 0. The van der Waals surface area contributed by atoms with Crippen LogP contribution in [0.5, 0.6) is 0 Å². The Hall–Kier alpha value is -0.0800. The molecule has 1 N–H and O–H groups in total. The summed E-state index contributed by atoms with van der Waals surface area (Å²) >= 11 is 0. The Bertz CT molecular complexity index is 105. The van der Waals surface area contributed by atoms with Gasteiger partial charge < -0.3 is 10.1 Å². The molecule has 0 saturated carbocycles. The quantitative estimate of drug-likeness (QED) is 0.494. The van der Waals surface area contributed by atoms with Crippen LogP contribution in [0.15, 0.2) is 0 Å². The molecule has 1 heterocycles. The van der Waals surface area contributed by atoms with Gasteiger partial charge in [-0.2, -0.15) is 0 Å². The molecule has 1 fully saturated rings. The van der Waals surface area contributed by atoms with E-state index in [2.05, 4.69) is 5.32 Å². The Morgan fingerprint density at radius 2 is 2.50 bits per heavy atom. The van der Waals surface area contributed by atoms with E-state index in [4.69, 9.17) is 6.11 Å². The van der Waals surface area contributed by atoms with Crippen molar-refractivity contribution >= 4 is 0 Å². The van der Waals surface area contributed by atoms with Crippen LogP contribution in [0.25, 0.3) is 0 Å². The summed E-state index contributed by atoms with van der Waals surface area (Å²) in [5.74, 6) is 0. The van der Waals surface area contributed by atoms with Crippen molar-refractivity contribution in [1.29, 1.82) is 0 Å². The molecular formula is C6H13NO. The van der Waals surface area contributed by atoms with Crippen molar-refractivity contribution in [2.24, 2.45) is 0 Å². The molecule has 2 nitrogen and oxygen atoms in total. The second-order valence-corrected chi connectivity index (χ2v) is 2.64. The predicted molar refractivity (Wildman–Crippen MR) is 32.9 cm³/mol. The number of hydrogen-bond acceptors (Lipinski definition) is 2. The lowest BCUT2D eigenvalue weighted by atomic mass is 10.1. The van der Waals surface area contributed by atoms with Crippen molar-refractivity contribution in [3.8, 4) is 0 Å². The van der Waals surface area contributed by atoms with Crippen LogP contribution < -0.4 is 5.32 Å². The molecule has 0 aromatic carbocycles. The lowest BCUT2D eigenvalue weighted by Gasteiger charge is -2.30. The second-order valence-electron chi connectivity index (χ2n) is 2.64. The molecule has 0 aliphatic carbocycles. The summed E-state index contributed by atoms with van der Waals surface area (Å²) in [6.45, 7) is 5.07. The fourth-order valence-corrected chi connectivity index (χ4v) is 0.741. The minimum atomic E-state index is -0.411. The number of rotatable bonds is 0. The maximum atomic E-state index is 7.39. The van der Waals surface area contributed by atoms with Crippen LogP contribution in [0.2, 0.25) is 0 Å². The Kier molecular flexibility index (Phi) is 1.21. The Morgan fingerprint density at radius 3 is 2.88 bits per heavy atom. The molecule has 1 rings (SSSR count). The van der Waals surface area contributed by atoms with Gasteiger partial charge in [-0.25, -0.2) is 0 Å². The first-order valence-electron chi connectivity index (χ1n) is 3.49. The SMILES string of the molecule is [2H]C1OCCNC1(C)C. The van der Waals surface area contributed by atoms with Crippen molar-refractivity contribution in [2.75, 3.05) is 19.7 Å². The monoisotopic (exact) mass is 116 g/mol. The molecule has 1 atom stereocenters. The Labute approximate surface area is 51.6 Å². The first-order valence-corrected chi connectivity index (χ1v) is 2.92. The smallest absolute Gasteiger partial charge is 0.0643 e. The van der Waals surface area contributed by atoms with E-state index < -0.39 is 6.58 Å². The van der Waals surface area contributed by atoms with Crippen molar-refractivity contribution in [1.82, 2.24) is 5.32 Å². The third kappa shape index (κ3) is 1.46. The highest BCUT2D eigenvalue weighted by Gasteiger charge is 2.19. The first-order chi connectivity index (χ1) is 4.13. The van der Waals surface area contributed by atoms with Crippen LogP contribution in [0.1, 0.15) is 15.2 Å². The largest absolute Gasteiger partial charge is 0.378 e. The van der Waals surface area contributed by atoms with E-state index in [1.165, 1.54) is 0 Å². The average Bonchev–Trinajstić information content (AvgIpc) is 1.77. The fraction of sp³-hybridized carbons (Fsp3) is 1.00. The molecule has 1 aliphatic rings. The van der Waals surface area contributed by atoms with Crippen molar-refractivity contribution in [2.45, 2.75) is 19.4 Å². The van der Waals surface area contributed by atoms with E-state index in [9.17, 15) is 0 Å². The van der Waals surface area contributed by atoms with Gasteiger partial charge in [0, 0.05) is 12.1 Å². The molecule has 8 heavy (non-hydrogen) atoms. The van der Waals surface area contributed by atoms with Gasteiger partial charge >= 0.3 is 0 Å². The van der Waals surface area contributed by atoms with Crippen LogP contribution in [0, 0.1) is 0 Å². The molecule has 2 heteroatoms. The fourth-order valence-electron chi connectivity index (χ4n) is 0.741. The molecule has 1 saturated heterocycles. The zero-order valence-electron chi connectivity index (χ0n) is 6.40. The maximum Gasteiger partial charge on any atom is 0.0643 e. The predicted octanol–water partition coefficient (Wildman–Crippen LogP) is 0.385. The maximum absolute atomic E-state index is 7.39. The number of nitrogens with one attached hydrogen (secondary N) is 1. The van der Waals surface area contributed by atoms with Crippen LogP contribution in [-0.2, 0) is 4.74 Å². The molecule has 0 aromatic rings. The number of morpholine rings is 1. The van der Waals surface area contributed by atoms with Crippen molar-refractivity contribution in [3.63, 3.8) is 0 Å². The lowest BCUT2D eigenvalue weighted by molar-refractivity contribution is 0.0436. The topological polar surface area (TPSA) is 21.3 Å². The van der Waals surface area contributed by atoms with Gasteiger partial charge in [0.1, 0.15) is 0 Å². The number of hydrogen-bond donors (Lipinski definition) is 1. The molecule has 0 bridgehead atoms. The van der Waals surface area contributed by atoms with E-state index in [-0.39, 0.29) is 5.54 Å². The van der Waals surface area contributed by atoms with E-state index in [0.717, 1.165) is 6.54 Å². The Morgan fingerprint density at radius 1 is 1.75 bits per heavy atom.